The number of nitrogens with one attached hydrogen (secondary N) is 1. The first-order valence-electron chi connectivity index (χ1n) is 7.55. The van der Waals surface area contributed by atoms with Crippen molar-refractivity contribution in [1.29, 1.82) is 0 Å². The minimum atomic E-state index is -0.850. The van der Waals surface area contributed by atoms with Gasteiger partial charge in [-0.2, -0.15) is 0 Å². The number of amides is 1. The smallest absolute Gasteiger partial charge is 0.308 e. The maximum absolute atomic E-state index is 12.0. The molecule has 2 unspecified atom stereocenters. The molecule has 2 atom stereocenters. The largest absolute Gasteiger partial charge is 0.481 e. The van der Waals surface area contributed by atoms with Gasteiger partial charge in [0.25, 0.3) is 0 Å². The molecule has 118 valence electrons. The lowest BCUT2D eigenvalue weighted by atomic mass is 10.0. The number of hydrogen-bond acceptors (Lipinski definition) is 3. The van der Waals surface area contributed by atoms with Gasteiger partial charge in [0.1, 0.15) is 0 Å². The molecule has 1 amide bonds. The van der Waals surface area contributed by atoms with Crippen LogP contribution in [0.15, 0.2) is 18.7 Å². The number of carbonyl (C=O) groups excluding carboxylic acids is 1. The van der Waals surface area contributed by atoms with Gasteiger partial charge in [-0.1, -0.05) is 26.7 Å². The Bertz CT molecular complexity index is 431. The second-order valence-corrected chi connectivity index (χ2v) is 5.28. The van der Waals surface area contributed by atoms with Gasteiger partial charge in [-0.15, -0.1) is 0 Å². The molecule has 0 aliphatic rings. The van der Waals surface area contributed by atoms with E-state index < -0.39 is 11.9 Å². The molecule has 0 aliphatic heterocycles. The Labute approximate surface area is 125 Å². The molecule has 1 aromatic heterocycles. The van der Waals surface area contributed by atoms with E-state index in [2.05, 4.69) is 17.2 Å². The third-order valence-electron chi connectivity index (χ3n) is 3.52. The van der Waals surface area contributed by atoms with Crippen molar-refractivity contribution < 1.29 is 14.7 Å². The lowest BCUT2D eigenvalue weighted by Crippen LogP contribution is -2.34. The monoisotopic (exact) mass is 295 g/mol. The van der Waals surface area contributed by atoms with E-state index in [1.165, 1.54) is 0 Å². The van der Waals surface area contributed by atoms with Gasteiger partial charge in [0.2, 0.25) is 5.91 Å². The first-order valence-corrected chi connectivity index (χ1v) is 7.55. The third kappa shape index (κ3) is 5.97. The zero-order valence-electron chi connectivity index (χ0n) is 12.8. The molecule has 0 radical (unpaired) electrons. The zero-order chi connectivity index (χ0) is 15.7. The fourth-order valence-corrected chi connectivity index (χ4v) is 2.36. The molecule has 6 nitrogen and oxygen atoms in total. The van der Waals surface area contributed by atoms with Crippen molar-refractivity contribution in [2.45, 2.75) is 52.0 Å². The summed E-state index contributed by atoms with van der Waals surface area (Å²) in [6.07, 6.45) is 8.85. The average Bonchev–Trinajstić information content (AvgIpc) is 2.96. The van der Waals surface area contributed by atoms with Crippen molar-refractivity contribution in [1.82, 2.24) is 14.9 Å². The van der Waals surface area contributed by atoms with Crippen LogP contribution in [-0.2, 0) is 9.59 Å². The maximum atomic E-state index is 12.0. The number of carboxylic acids is 1. The summed E-state index contributed by atoms with van der Waals surface area (Å²) in [4.78, 5) is 27.1. The van der Waals surface area contributed by atoms with E-state index in [0.29, 0.717) is 12.8 Å². The molecule has 0 aliphatic carbocycles. The molecule has 1 rings (SSSR count). The number of carboxylic acid groups (broad SMARTS) is 1. The molecule has 0 bridgehead atoms. The van der Waals surface area contributed by atoms with Gasteiger partial charge >= 0.3 is 5.97 Å². The van der Waals surface area contributed by atoms with Crippen LogP contribution in [0, 0.1) is 5.92 Å². The first kappa shape index (κ1) is 17.2. The normalized spacial score (nSPS) is 13.6. The minimum absolute atomic E-state index is 0.0759. The average molecular weight is 295 g/mol. The molecule has 0 fully saturated rings. The molecule has 1 heterocycles. The summed E-state index contributed by atoms with van der Waals surface area (Å²) < 4.78 is 1.93. The van der Waals surface area contributed by atoms with E-state index in [1.807, 2.05) is 17.7 Å². The molecule has 0 saturated carbocycles. The summed E-state index contributed by atoms with van der Waals surface area (Å²) in [5.74, 6) is -1.46. The third-order valence-corrected chi connectivity index (χ3v) is 3.52. The summed E-state index contributed by atoms with van der Waals surface area (Å²) in [6, 6.07) is 0.0759. The molecule has 0 saturated heterocycles. The Morgan fingerprint density at radius 1 is 1.29 bits per heavy atom. The van der Waals surface area contributed by atoms with Crippen LogP contribution in [0.1, 0.15) is 52.0 Å². The van der Waals surface area contributed by atoms with Gasteiger partial charge in [0, 0.05) is 31.4 Å². The fraction of sp³-hybridized carbons (Fsp3) is 0.667. The van der Waals surface area contributed by atoms with Crippen molar-refractivity contribution in [3.8, 4) is 0 Å². The van der Waals surface area contributed by atoms with Crippen LogP contribution in [0.4, 0.5) is 0 Å². The van der Waals surface area contributed by atoms with Gasteiger partial charge < -0.3 is 15.0 Å². The Morgan fingerprint density at radius 2 is 2.00 bits per heavy atom. The fourth-order valence-electron chi connectivity index (χ4n) is 2.36. The van der Waals surface area contributed by atoms with Crippen LogP contribution in [0.25, 0.3) is 0 Å². The predicted octanol–water partition coefficient (Wildman–Crippen LogP) is 2.23. The highest BCUT2D eigenvalue weighted by Gasteiger charge is 2.19. The number of rotatable bonds is 10. The number of carbonyl (C=O) groups is 2. The van der Waals surface area contributed by atoms with Crippen LogP contribution in [-0.4, -0.2) is 33.1 Å². The SMILES string of the molecule is CCCC(CNC(=O)CC(CCC)n1ccnc1)C(=O)O. The van der Waals surface area contributed by atoms with Crippen molar-refractivity contribution >= 4 is 11.9 Å². The van der Waals surface area contributed by atoms with Gasteiger partial charge in [0.15, 0.2) is 0 Å². The van der Waals surface area contributed by atoms with Crippen LogP contribution in [0.5, 0.6) is 0 Å². The van der Waals surface area contributed by atoms with Crippen LogP contribution in [0.3, 0.4) is 0 Å². The number of hydrogen-bond donors (Lipinski definition) is 2. The standard InChI is InChI=1S/C15H25N3O3/c1-3-5-12(15(20)21)10-17-14(19)9-13(6-4-2)18-8-7-16-11-18/h7-8,11-13H,3-6,9-10H2,1-2H3,(H,17,19)(H,20,21). The van der Waals surface area contributed by atoms with Gasteiger partial charge in [-0.05, 0) is 12.8 Å². The number of aliphatic carboxylic acids is 1. The quantitative estimate of drug-likeness (QED) is 0.693. The van der Waals surface area contributed by atoms with E-state index in [-0.39, 0.29) is 18.5 Å². The molecule has 1 aromatic rings. The Balaban J connectivity index is 2.48. The molecule has 2 N–H and O–H groups in total. The summed E-state index contributed by atoms with van der Waals surface area (Å²) in [6.45, 7) is 4.21. The Morgan fingerprint density at radius 3 is 2.52 bits per heavy atom. The summed E-state index contributed by atoms with van der Waals surface area (Å²) >= 11 is 0. The molecule has 0 spiro atoms. The molecular weight excluding hydrogens is 270 g/mol. The second kappa shape index (κ2) is 9.15. The van der Waals surface area contributed by atoms with E-state index in [4.69, 9.17) is 5.11 Å². The van der Waals surface area contributed by atoms with E-state index in [1.54, 1.807) is 12.5 Å². The molecule has 6 heteroatoms. The van der Waals surface area contributed by atoms with Crippen molar-refractivity contribution in [2.24, 2.45) is 5.92 Å². The van der Waals surface area contributed by atoms with E-state index in [9.17, 15) is 9.59 Å². The summed E-state index contributed by atoms with van der Waals surface area (Å²) in [7, 11) is 0. The first-order chi connectivity index (χ1) is 10.1. The van der Waals surface area contributed by atoms with Gasteiger partial charge in [0.05, 0.1) is 12.2 Å². The van der Waals surface area contributed by atoms with Gasteiger partial charge in [-0.25, -0.2) is 4.98 Å². The summed E-state index contributed by atoms with van der Waals surface area (Å²) in [5, 5.41) is 11.8. The van der Waals surface area contributed by atoms with Gasteiger partial charge in [-0.3, -0.25) is 9.59 Å². The van der Waals surface area contributed by atoms with Crippen LogP contribution in [0.2, 0.25) is 0 Å². The predicted molar refractivity (Wildman–Crippen MR) is 79.8 cm³/mol. The lowest BCUT2D eigenvalue weighted by molar-refractivity contribution is -0.141. The Kier molecular flexibility index (Phi) is 7.50. The summed E-state index contributed by atoms with van der Waals surface area (Å²) in [5.41, 5.74) is 0. The molecular formula is C15H25N3O3. The zero-order valence-corrected chi connectivity index (χ0v) is 12.8. The lowest BCUT2D eigenvalue weighted by Gasteiger charge is -2.18. The topological polar surface area (TPSA) is 84.2 Å². The highest BCUT2D eigenvalue weighted by molar-refractivity contribution is 5.77. The highest BCUT2D eigenvalue weighted by atomic mass is 16.4. The van der Waals surface area contributed by atoms with Crippen LogP contribution < -0.4 is 5.32 Å². The van der Waals surface area contributed by atoms with E-state index >= 15 is 0 Å². The number of aromatic nitrogens is 2. The van der Waals surface area contributed by atoms with E-state index in [0.717, 1.165) is 19.3 Å². The molecule has 0 aromatic carbocycles. The maximum Gasteiger partial charge on any atom is 0.308 e. The second-order valence-electron chi connectivity index (χ2n) is 5.28. The number of imidazole rings is 1. The van der Waals surface area contributed by atoms with Crippen molar-refractivity contribution in [2.75, 3.05) is 6.54 Å². The Hall–Kier alpha value is -1.85. The van der Waals surface area contributed by atoms with Crippen molar-refractivity contribution in [3.05, 3.63) is 18.7 Å². The minimum Gasteiger partial charge on any atom is -0.481 e. The number of nitrogens with zero attached hydrogens (tertiary/aromatic N) is 2. The van der Waals surface area contributed by atoms with Crippen molar-refractivity contribution in [3.63, 3.8) is 0 Å². The highest BCUT2D eigenvalue weighted by Crippen LogP contribution is 2.17. The van der Waals surface area contributed by atoms with Crippen LogP contribution >= 0.6 is 0 Å². The molecule has 21 heavy (non-hydrogen) atoms.